The van der Waals surface area contributed by atoms with Gasteiger partial charge < -0.3 is 15.8 Å². The van der Waals surface area contributed by atoms with Crippen molar-refractivity contribution in [2.45, 2.75) is 64.1 Å². The average Bonchev–Trinajstić information content (AvgIpc) is 2.46. The molecule has 4 heteroatoms. The van der Waals surface area contributed by atoms with Crippen LogP contribution in [0.1, 0.15) is 46.0 Å². The van der Waals surface area contributed by atoms with Crippen LogP contribution >= 0.6 is 0 Å². The van der Waals surface area contributed by atoms with Gasteiger partial charge in [0.15, 0.2) is 0 Å². The van der Waals surface area contributed by atoms with Gasteiger partial charge in [0.05, 0.1) is 13.2 Å². The molecule has 0 aromatic carbocycles. The molecule has 2 aliphatic rings. The van der Waals surface area contributed by atoms with Crippen LogP contribution in [0.15, 0.2) is 0 Å². The van der Waals surface area contributed by atoms with Crippen molar-refractivity contribution in [3.63, 3.8) is 0 Å². The van der Waals surface area contributed by atoms with E-state index < -0.39 is 0 Å². The monoisotopic (exact) mass is 283 g/mol. The molecule has 3 N–H and O–H groups in total. The maximum absolute atomic E-state index is 5.99. The van der Waals surface area contributed by atoms with Crippen molar-refractivity contribution >= 4 is 0 Å². The lowest BCUT2D eigenvalue weighted by atomic mass is 9.91. The maximum Gasteiger partial charge on any atom is 0.0594 e. The van der Waals surface area contributed by atoms with E-state index in [0.29, 0.717) is 18.1 Å². The zero-order valence-electron chi connectivity index (χ0n) is 13.3. The third-order valence-electron chi connectivity index (χ3n) is 4.72. The van der Waals surface area contributed by atoms with E-state index in [1.54, 1.807) is 0 Å². The van der Waals surface area contributed by atoms with Crippen LogP contribution in [0.4, 0.5) is 0 Å². The fourth-order valence-corrected chi connectivity index (χ4v) is 3.47. The third-order valence-corrected chi connectivity index (χ3v) is 4.72. The average molecular weight is 283 g/mol. The summed E-state index contributed by atoms with van der Waals surface area (Å²) in [5, 5.41) is 3.81. The van der Waals surface area contributed by atoms with Crippen LogP contribution in [0.5, 0.6) is 0 Å². The van der Waals surface area contributed by atoms with Gasteiger partial charge >= 0.3 is 0 Å². The third kappa shape index (κ3) is 5.32. The van der Waals surface area contributed by atoms with Crippen LogP contribution in [0.2, 0.25) is 0 Å². The molecule has 1 aliphatic heterocycles. The van der Waals surface area contributed by atoms with Crippen molar-refractivity contribution in [1.29, 1.82) is 0 Å². The summed E-state index contributed by atoms with van der Waals surface area (Å²) in [5.41, 5.74) is 5.99. The zero-order valence-corrected chi connectivity index (χ0v) is 13.3. The highest BCUT2D eigenvalue weighted by molar-refractivity contribution is 4.83. The normalized spacial score (nSPS) is 30.6. The largest absolute Gasteiger partial charge is 0.379 e. The summed E-state index contributed by atoms with van der Waals surface area (Å²) >= 11 is 0. The van der Waals surface area contributed by atoms with Crippen molar-refractivity contribution < 1.29 is 4.74 Å². The molecule has 1 atom stereocenters. The molecule has 0 aromatic heterocycles. The molecular weight excluding hydrogens is 250 g/mol. The Bertz CT molecular complexity index is 258. The molecule has 1 unspecified atom stereocenters. The molecule has 0 spiro atoms. The van der Waals surface area contributed by atoms with Crippen molar-refractivity contribution in [3.05, 3.63) is 0 Å². The van der Waals surface area contributed by atoms with Crippen LogP contribution < -0.4 is 11.1 Å². The van der Waals surface area contributed by atoms with Crippen molar-refractivity contribution in [3.8, 4) is 0 Å². The Hall–Kier alpha value is -0.160. The van der Waals surface area contributed by atoms with Gasteiger partial charge in [-0.25, -0.2) is 0 Å². The molecule has 0 bridgehead atoms. The molecule has 2 rings (SSSR count). The second-order valence-electron chi connectivity index (χ2n) is 6.95. The number of morpholine rings is 1. The number of nitrogens with two attached hydrogens (primary N) is 1. The summed E-state index contributed by atoms with van der Waals surface area (Å²) in [7, 11) is 0. The van der Waals surface area contributed by atoms with Crippen LogP contribution in [0.25, 0.3) is 0 Å². The second kappa shape index (κ2) is 8.32. The van der Waals surface area contributed by atoms with Crippen LogP contribution in [-0.2, 0) is 4.74 Å². The lowest BCUT2D eigenvalue weighted by molar-refractivity contribution is 0.0115. The number of hydrogen-bond acceptors (Lipinski definition) is 4. The standard InChI is InChI=1S/C16H33N3O/c1-13(2)11-16(19-7-9-20-10-8-19)12-18-15-5-3-14(17)4-6-15/h13-16,18H,3-12,17H2,1-2H3. The number of ether oxygens (including phenoxy) is 1. The number of nitrogens with one attached hydrogen (secondary N) is 1. The Morgan fingerprint density at radius 2 is 1.80 bits per heavy atom. The first-order chi connectivity index (χ1) is 9.65. The molecule has 1 saturated heterocycles. The molecule has 20 heavy (non-hydrogen) atoms. The fourth-order valence-electron chi connectivity index (χ4n) is 3.47. The van der Waals surface area contributed by atoms with E-state index in [4.69, 9.17) is 10.5 Å². The van der Waals surface area contributed by atoms with Gasteiger partial charge in [0, 0.05) is 37.8 Å². The van der Waals surface area contributed by atoms with E-state index in [9.17, 15) is 0 Å². The Labute approximate surface area is 124 Å². The van der Waals surface area contributed by atoms with Gasteiger partial charge in [-0.05, 0) is 38.0 Å². The van der Waals surface area contributed by atoms with Crippen molar-refractivity contribution in [2.24, 2.45) is 11.7 Å². The molecular formula is C16H33N3O. The number of hydrogen-bond donors (Lipinski definition) is 2. The van der Waals surface area contributed by atoms with Gasteiger partial charge in [0.1, 0.15) is 0 Å². The predicted molar refractivity (Wildman–Crippen MR) is 83.9 cm³/mol. The van der Waals surface area contributed by atoms with E-state index in [1.165, 1.54) is 32.1 Å². The molecule has 0 radical (unpaired) electrons. The summed E-state index contributed by atoms with van der Waals surface area (Å²) in [5.74, 6) is 0.754. The van der Waals surface area contributed by atoms with E-state index in [-0.39, 0.29) is 0 Å². The molecule has 4 nitrogen and oxygen atoms in total. The van der Waals surface area contributed by atoms with Gasteiger partial charge in [-0.3, -0.25) is 4.90 Å². The molecule has 1 aliphatic carbocycles. The lowest BCUT2D eigenvalue weighted by Crippen LogP contribution is -2.50. The summed E-state index contributed by atoms with van der Waals surface area (Å²) in [4.78, 5) is 2.62. The highest BCUT2D eigenvalue weighted by Crippen LogP contribution is 2.18. The van der Waals surface area contributed by atoms with Crippen LogP contribution in [-0.4, -0.2) is 55.9 Å². The van der Waals surface area contributed by atoms with E-state index in [1.807, 2.05) is 0 Å². The molecule has 1 heterocycles. The van der Waals surface area contributed by atoms with Crippen molar-refractivity contribution in [2.75, 3.05) is 32.8 Å². The maximum atomic E-state index is 5.99. The fraction of sp³-hybridized carbons (Fsp3) is 1.00. The van der Waals surface area contributed by atoms with Crippen molar-refractivity contribution in [1.82, 2.24) is 10.2 Å². The quantitative estimate of drug-likeness (QED) is 0.777. The highest BCUT2D eigenvalue weighted by Gasteiger charge is 2.24. The van der Waals surface area contributed by atoms with Crippen LogP contribution in [0, 0.1) is 5.92 Å². The molecule has 0 amide bonds. The Morgan fingerprint density at radius 1 is 1.15 bits per heavy atom. The van der Waals surface area contributed by atoms with Gasteiger partial charge in [0.25, 0.3) is 0 Å². The Kier molecular flexibility index (Phi) is 6.75. The summed E-state index contributed by atoms with van der Waals surface area (Å²) < 4.78 is 5.49. The smallest absolute Gasteiger partial charge is 0.0594 e. The summed E-state index contributed by atoms with van der Waals surface area (Å²) in [6, 6.07) is 1.79. The minimum absolute atomic E-state index is 0.443. The molecule has 2 fully saturated rings. The van der Waals surface area contributed by atoms with Gasteiger partial charge in [-0.15, -0.1) is 0 Å². The van der Waals surface area contributed by atoms with Gasteiger partial charge in [0.2, 0.25) is 0 Å². The number of nitrogens with zero attached hydrogens (tertiary/aromatic N) is 1. The lowest BCUT2D eigenvalue weighted by Gasteiger charge is -2.37. The first-order valence-electron chi connectivity index (χ1n) is 8.46. The Morgan fingerprint density at radius 3 is 2.40 bits per heavy atom. The first kappa shape index (κ1) is 16.2. The van der Waals surface area contributed by atoms with Gasteiger partial charge in [-0.2, -0.15) is 0 Å². The van der Waals surface area contributed by atoms with Gasteiger partial charge in [-0.1, -0.05) is 13.8 Å². The summed E-state index contributed by atoms with van der Waals surface area (Å²) in [6.07, 6.45) is 6.14. The number of rotatable bonds is 6. The van der Waals surface area contributed by atoms with E-state index >= 15 is 0 Å². The predicted octanol–water partition coefficient (Wildman–Crippen LogP) is 1.59. The minimum Gasteiger partial charge on any atom is -0.379 e. The van der Waals surface area contributed by atoms with Crippen LogP contribution in [0.3, 0.4) is 0 Å². The second-order valence-corrected chi connectivity index (χ2v) is 6.95. The molecule has 118 valence electrons. The minimum atomic E-state index is 0.443. The molecule has 0 aromatic rings. The SMILES string of the molecule is CC(C)CC(CNC1CCC(N)CC1)N1CCOCC1. The molecule has 1 saturated carbocycles. The topological polar surface area (TPSA) is 50.5 Å². The summed E-state index contributed by atoms with van der Waals surface area (Å²) in [6.45, 7) is 9.75. The highest BCUT2D eigenvalue weighted by atomic mass is 16.5. The zero-order chi connectivity index (χ0) is 14.4. The van der Waals surface area contributed by atoms with E-state index in [2.05, 4.69) is 24.1 Å². The van der Waals surface area contributed by atoms with E-state index in [0.717, 1.165) is 38.8 Å². The first-order valence-corrected chi connectivity index (χ1v) is 8.46. The Balaban J connectivity index is 1.77.